The minimum atomic E-state index is 0.608. The van der Waals surface area contributed by atoms with Crippen molar-refractivity contribution < 1.29 is 4.74 Å². The van der Waals surface area contributed by atoms with Crippen LogP contribution in [0.5, 0.6) is 0 Å². The van der Waals surface area contributed by atoms with Gasteiger partial charge < -0.3 is 24.8 Å². The van der Waals surface area contributed by atoms with E-state index >= 15 is 0 Å². The number of aryl methyl sites for hydroxylation is 1. The normalized spacial score (nSPS) is 12.0. The summed E-state index contributed by atoms with van der Waals surface area (Å²) in [6.07, 6.45) is 2.79. The van der Waals surface area contributed by atoms with Gasteiger partial charge >= 0.3 is 0 Å². The maximum Gasteiger partial charge on any atom is 0.191 e. The first-order chi connectivity index (χ1) is 10.7. The second-order valence-electron chi connectivity index (χ2n) is 5.04. The molecule has 0 radical (unpaired) electrons. The fourth-order valence-electron chi connectivity index (χ4n) is 2.02. The number of methoxy groups -OCH3 is 1. The fraction of sp³-hybridized carbons (Fsp3) is 0.786. The summed E-state index contributed by atoms with van der Waals surface area (Å²) in [7, 11) is 5.61. The number of hydrogen-bond acceptors (Lipinski definition) is 5. The molecule has 0 saturated carbocycles. The predicted octanol–water partition coefficient (Wildman–Crippen LogP) is -0.0687. The highest BCUT2D eigenvalue weighted by molar-refractivity contribution is 5.79. The highest BCUT2D eigenvalue weighted by Gasteiger charge is 2.04. The quantitative estimate of drug-likeness (QED) is 0.358. The summed E-state index contributed by atoms with van der Waals surface area (Å²) < 4.78 is 7.06. The first-order valence-corrected chi connectivity index (χ1v) is 7.70. The molecule has 0 aliphatic carbocycles. The largest absolute Gasteiger partial charge is 0.385 e. The summed E-state index contributed by atoms with van der Waals surface area (Å²) in [4.78, 5) is 6.48. The van der Waals surface area contributed by atoms with Gasteiger partial charge in [0.25, 0.3) is 0 Å². The molecular weight excluding hydrogens is 282 g/mol. The maximum atomic E-state index is 5.05. The highest BCUT2D eigenvalue weighted by Crippen LogP contribution is 1.93. The van der Waals surface area contributed by atoms with Crippen molar-refractivity contribution in [2.45, 2.75) is 26.4 Å². The molecule has 0 spiro atoms. The average Bonchev–Trinajstić information content (AvgIpc) is 2.98. The minimum Gasteiger partial charge on any atom is -0.385 e. The van der Waals surface area contributed by atoms with Gasteiger partial charge in [-0.05, 0) is 20.4 Å². The first-order valence-electron chi connectivity index (χ1n) is 7.70. The second kappa shape index (κ2) is 11.0. The van der Waals surface area contributed by atoms with Gasteiger partial charge in [-0.2, -0.15) is 0 Å². The Bertz CT molecular complexity index is 433. The maximum absolute atomic E-state index is 5.05. The van der Waals surface area contributed by atoms with Crippen molar-refractivity contribution in [1.29, 1.82) is 0 Å². The molecule has 0 unspecified atom stereocenters. The van der Waals surface area contributed by atoms with E-state index in [1.807, 2.05) is 4.57 Å². The van der Waals surface area contributed by atoms with E-state index < -0.39 is 0 Å². The predicted molar refractivity (Wildman–Crippen MR) is 87.9 cm³/mol. The molecule has 0 aliphatic rings. The average molecular weight is 311 g/mol. The standard InChI is InChI=1S/C14H29N7O/c1-5-21-12-18-19-13(21)11-17-14(15-2)16-7-9-20(3)8-6-10-22-4/h12H,5-11H2,1-4H3,(H2,15,16,17). The lowest BCUT2D eigenvalue weighted by molar-refractivity contribution is 0.180. The van der Waals surface area contributed by atoms with Gasteiger partial charge in [0, 0.05) is 46.9 Å². The Labute approximate surface area is 133 Å². The van der Waals surface area contributed by atoms with Crippen LogP contribution in [-0.2, 0) is 17.8 Å². The molecule has 1 rings (SSSR count). The van der Waals surface area contributed by atoms with Crippen LogP contribution < -0.4 is 10.6 Å². The number of hydrogen-bond donors (Lipinski definition) is 2. The Morgan fingerprint density at radius 2 is 2.23 bits per heavy atom. The van der Waals surface area contributed by atoms with Crippen LogP contribution in [0.1, 0.15) is 19.2 Å². The zero-order chi connectivity index (χ0) is 16.2. The van der Waals surface area contributed by atoms with Gasteiger partial charge in [0.15, 0.2) is 11.8 Å². The van der Waals surface area contributed by atoms with Crippen LogP contribution in [0.3, 0.4) is 0 Å². The molecule has 2 N–H and O–H groups in total. The molecule has 0 saturated heterocycles. The molecule has 0 aliphatic heterocycles. The number of ether oxygens (including phenoxy) is 1. The zero-order valence-electron chi connectivity index (χ0n) is 14.2. The van der Waals surface area contributed by atoms with Crippen molar-refractivity contribution in [2.75, 3.05) is 47.4 Å². The Morgan fingerprint density at radius 1 is 1.41 bits per heavy atom. The summed E-state index contributed by atoms with van der Waals surface area (Å²) in [6, 6.07) is 0. The molecule has 22 heavy (non-hydrogen) atoms. The molecule has 1 aromatic heterocycles. The summed E-state index contributed by atoms with van der Waals surface area (Å²) in [6.45, 7) is 7.16. The van der Waals surface area contributed by atoms with Crippen molar-refractivity contribution >= 4 is 5.96 Å². The number of aromatic nitrogens is 3. The molecule has 8 heteroatoms. The molecule has 8 nitrogen and oxygen atoms in total. The van der Waals surface area contributed by atoms with Crippen molar-refractivity contribution in [2.24, 2.45) is 4.99 Å². The van der Waals surface area contributed by atoms with Crippen LogP contribution in [0.2, 0.25) is 0 Å². The number of nitrogens with one attached hydrogen (secondary N) is 2. The zero-order valence-corrected chi connectivity index (χ0v) is 14.2. The summed E-state index contributed by atoms with van der Waals surface area (Å²) in [5.41, 5.74) is 0. The highest BCUT2D eigenvalue weighted by atomic mass is 16.5. The second-order valence-corrected chi connectivity index (χ2v) is 5.04. The molecule has 126 valence electrons. The van der Waals surface area contributed by atoms with E-state index in [9.17, 15) is 0 Å². The molecule has 0 amide bonds. The van der Waals surface area contributed by atoms with E-state index in [2.05, 4.69) is 44.7 Å². The van der Waals surface area contributed by atoms with Gasteiger partial charge in [-0.1, -0.05) is 0 Å². The lowest BCUT2D eigenvalue weighted by Gasteiger charge is -2.18. The SMILES string of the molecule is CCn1cnnc1CNC(=NC)NCCN(C)CCCOC. The van der Waals surface area contributed by atoms with Gasteiger partial charge in [-0.15, -0.1) is 10.2 Å². The van der Waals surface area contributed by atoms with Crippen molar-refractivity contribution in [3.63, 3.8) is 0 Å². The van der Waals surface area contributed by atoms with E-state index in [1.165, 1.54) is 0 Å². The Kier molecular flexibility index (Phi) is 9.17. The monoisotopic (exact) mass is 311 g/mol. The molecule has 0 aromatic carbocycles. The molecule has 0 atom stereocenters. The van der Waals surface area contributed by atoms with Crippen molar-refractivity contribution in [3.05, 3.63) is 12.2 Å². The van der Waals surface area contributed by atoms with Crippen LogP contribution in [-0.4, -0.2) is 73.1 Å². The summed E-state index contributed by atoms with van der Waals surface area (Å²) >= 11 is 0. The smallest absolute Gasteiger partial charge is 0.191 e. The third-order valence-corrected chi connectivity index (χ3v) is 3.35. The van der Waals surface area contributed by atoms with Gasteiger partial charge in [-0.25, -0.2) is 0 Å². The van der Waals surface area contributed by atoms with E-state index in [0.29, 0.717) is 6.54 Å². The van der Waals surface area contributed by atoms with E-state index in [-0.39, 0.29) is 0 Å². The van der Waals surface area contributed by atoms with Crippen molar-refractivity contribution in [3.8, 4) is 0 Å². The molecular formula is C14H29N7O. The summed E-state index contributed by atoms with van der Waals surface area (Å²) in [5.74, 6) is 1.68. The Hall–Kier alpha value is -1.67. The topological polar surface area (TPSA) is 79.6 Å². The summed E-state index contributed by atoms with van der Waals surface area (Å²) in [5, 5.41) is 14.6. The Morgan fingerprint density at radius 3 is 2.91 bits per heavy atom. The van der Waals surface area contributed by atoms with Crippen LogP contribution in [0.4, 0.5) is 0 Å². The molecule has 0 bridgehead atoms. The van der Waals surface area contributed by atoms with Crippen LogP contribution in [0.25, 0.3) is 0 Å². The van der Waals surface area contributed by atoms with Crippen molar-refractivity contribution in [1.82, 2.24) is 30.3 Å². The third-order valence-electron chi connectivity index (χ3n) is 3.35. The van der Waals surface area contributed by atoms with Crippen LogP contribution in [0.15, 0.2) is 11.3 Å². The lowest BCUT2D eigenvalue weighted by Crippen LogP contribution is -2.41. The van der Waals surface area contributed by atoms with Gasteiger partial charge in [0.05, 0.1) is 6.54 Å². The van der Waals surface area contributed by atoms with E-state index in [4.69, 9.17) is 4.74 Å². The van der Waals surface area contributed by atoms with Gasteiger partial charge in [0.2, 0.25) is 0 Å². The number of nitrogens with zero attached hydrogens (tertiary/aromatic N) is 5. The molecule has 1 aromatic rings. The lowest BCUT2D eigenvalue weighted by atomic mass is 10.4. The number of guanidine groups is 1. The third kappa shape index (κ3) is 6.86. The fourth-order valence-corrected chi connectivity index (χ4v) is 2.02. The Balaban J connectivity index is 2.22. The minimum absolute atomic E-state index is 0.608. The van der Waals surface area contributed by atoms with E-state index in [0.717, 1.165) is 51.0 Å². The van der Waals surface area contributed by atoms with Crippen LogP contribution >= 0.6 is 0 Å². The number of likely N-dealkylation sites (N-methyl/N-ethyl adjacent to an activating group) is 1. The first kappa shape index (κ1) is 18.4. The van der Waals surface area contributed by atoms with Gasteiger partial charge in [0.1, 0.15) is 6.33 Å². The van der Waals surface area contributed by atoms with Crippen LogP contribution in [0, 0.1) is 0 Å². The van der Waals surface area contributed by atoms with Gasteiger partial charge in [-0.3, -0.25) is 4.99 Å². The van der Waals surface area contributed by atoms with E-state index in [1.54, 1.807) is 20.5 Å². The molecule has 1 heterocycles. The number of aliphatic imine (C=N–C) groups is 1. The molecule has 0 fully saturated rings. The number of rotatable bonds is 10.